The fraction of sp³-hybridized carbons (Fsp3) is 0.312. The summed E-state index contributed by atoms with van der Waals surface area (Å²) in [5.74, 6) is -2.55. The number of furan rings is 1. The van der Waals surface area contributed by atoms with E-state index in [4.69, 9.17) is 10.2 Å². The Bertz CT molecular complexity index is 775. The molecule has 1 aliphatic carbocycles. The first-order valence-corrected chi connectivity index (χ1v) is 7.49. The van der Waals surface area contributed by atoms with Gasteiger partial charge in [-0.25, -0.2) is 0 Å². The third-order valence-electron chi connectivity index (χ3n) is 3.95. The normalized spacial score (nSPS) is 14.8. The molecule has 1 aromatic carbocycles. The molecule has 0 spiro atoms. The summed E-state index contributed by atoms with van der Waals surface area (Å²) in [5, 5.41) is 5.65. The lowest BCUT2D eigenvalue weighted by Gasteiger charge is -2.11. The molecule has 3 amide bonds. The Morgan fingerprint density at radius 3 is 2.48 bits per heavy atom. The van der Waals surface area contributed by atoms with Crippen LogP contribution in [0.3, 0.4) is 0 Å². The van der Waals surface area contributed by atoms with E-state index < -0.39 is 17.7 Å². The third-order valence-corrected chi connectivity index (χ3v) is 3.95. The van der Waals surface area contributed by atoms with Crippen molar-refractivity contribution in [1.29, 1.82) is 0 Å². The smallest absolute Gasteiger partial charge is 0.313 e. The summed E-state index contributed by atoms with van der Waals surface area (Å²) < 4.78 is 5.35. The van der Waals surface area contributed by atoms with Crippen molar-refractivity contribution < 1.29 is 18.8 Å². The number of rotatable bonds is 3. The van der Waals surface area contributed by atoms with Crippen molar-refractivity contribution in [2.75, 3.05) is 5.32 Å². The molecule has 0 unspecified atom stereocenters. The Labute approximate surface area is 132 Å². The predicted molar refractivity (Wildman–Crippen MR) is 83.8 cm³/mol. The van der Waals surface area contributed by atoms with Crippen LogP contribution in [0.15, 0.2) is 28.7 Å². The van der Waals surface area contributed by atoms with Gasteiger partial charge >= 0.3 is 11.8 Å². The van der Waals surface area contributed by atoms with Crippen LogP contribution in [-0.4, -0.2) is 23.8 Å². The highest BCUT2D eigenvalue weighted by atomic mass is 16.3. The van der Waals surface area contributed by atoms with Crippen LogP contribution in [0.25, 0.3) is 11.0 Å². The molecule has 2 aromatic rings. The maximum Gasteiger partial charge on any atom is 0.313 e. The van der Waals surface area contributed by atoms with Gasteiger partial charge in [0.15, 0.2) is 0 Å². The van der Waals surface area contributed by atoms with Gasteiger partial charge in [-0.1, -0.05) is 25.0 Å². The van der Waals surface area contributed by atoms with Crippen LogP contribution in [0.4, 0.5) is 5.69 Å². The van der Waals surface area contributed by atoms with Crippen LogP contribution < -0.4 is 16.4 Å². The number of nitrogens with two attached hydrogens (primary N) is 1. The van der Waals surface area contributed by atoms with Gasteiger partial charge in [0.25, 0.3) is 5.91 Å². The summed E-state index contributed by atoms with van der Waals surface area (Å²) >= 11 is 0. The molecule has 0 bridgehead atoms. The molecule has 1 aliphatic rings. The van der Waals surface area contributed by atoms with E-state index in [1.165, 1.54) is 0 Å². The summed E-state index contributed by atoms with van der Waals surface area (Å²) in [6.45, 7) is 0. The number of hydrogen-bond donors (Lipinski definition) is 3. The Morgan fingerprint density at radius 2 is 1.78 bits per heavy atom. The molecule has 4 N–H and O–H groups in total. The van der Waals surface area contributed by atoms with Crippen LogP contribution in [0.5, 0.6) is 0 Å². The number of benzene rings is 1. The molecule has 120 valence electrons. The van der Waals surface area contributed by atoms with Gasteiger partial charge in [-0.15, -0.1) is 0 Å². The number of fused-ring (bicyclic) bond motifs is 1. The number of amides is 3. The summed E-state index contributed by atoms with van der Waals surface area (Å²) in [5.41, 5.74) is 5.81. The molecule has 7 nitrogen and oxygen atoms in total. The second-order valence-electron chi connectivity index (χ2n) is 5.58. The Kier molecular flexibility index (Phi) is 4.01. The summed E-state index contributed by atoms with van der Waals surface area (Å²) in [4.78, 5) is 35.6. The minimum atomic E-state index is -0.842. The maximum atomic E-state index is 12.1. The number of carbonyl (C=O) groups excluding carboxylic acids is 3. The number of carbonyl (C=O) groups is 3. The molecule has 23 heavy (non-hydrogen) atoms. The number of anilines is 1. The molecule has 7 heteroatoms. The van der Waals surface area contributed by atoms with Crippen molar-refractivity contribution in [2.24, 2.45) is 5.73 Å². The zero-order chi connectivity index (χ0) is 16.4. The molecule has 0 aliphatic heterocycles. The summed E-state index contributed by atoms with van der Waals surface area (Å²) in [6, 6.07) is 6.82. The van der Waals surface area contributed by atoms with Crippen molar-refractivity contribution in [3.05, 3.63) is 30.0 Å². The first kappa shape index (κ1) is 15.1. The van der Waals surface area contributed by atoms with E-state index in [1.807, 2.05) is 0 Å². The lowest BCUT2D eigenvalue weighted by atomic mass is 10.2. The quantitative estimate of drug-likeness (QED) is 0.745. The van der Waals surface area contributed by atoms with Crippen molar-refractivity contribution >= 4 is 34.4 Å². The number of hydrogen-bond acceptors (Lipinski definition) is 4. The largest absolute Gasteiger partial charge is 0.449 e. The van der Waals surface area contributed by atoms with E-state index in [0.29, 0.717) is 11.0 Å². The van der Waals surface area contributed by atoms with Crippen molar-refractivity contribution in [3.8, 4) is 0 Å². The third kappa shape index (κ3) is 3.03. The lowest BCUT2D eigenvalue weighted by Crippen LogP contribution is -2.40. The minimum Gasteiger partial charge on any atom is -0.449 e. The van der Waals surface area contributed by atoms with Crippen LogP contribution in [0.1, 0.15) is 36.2 Å². The topological polar surface area (TPSA) is 114 Å². The van der Waals surface area contributed by atoms with Gasteiger partial charge in [-0.2, -0.15) is 0 Å². The highest BCUT2D eigenvalue weighted by Gasteiger charge is 2.25. The highest BCUT2D eigenvalue weighted by molar-refractivity contribution is 6.40. The fourth-order valence-corrected chi connectivity index (χ4v) is 2.83. The van der Waals surface area contributed by atoms with Gasteiger partial charge in [-0.05, 0) is 25.0 Å². The zero-order valence-corrected chi connectivity index (χ0v) is 12.4. The Balaban J connectivity index is 1.82. The molecule has 1 fully saturated rings. The van der Waals surface area contributed by atoms with Crippen LogP contribution in [0, 0.1) is 0 Å². The van der Waals surface area contributed by atoms with E-state index in [9.17, 15) is 14.4 Å². The van der Waals surface area contributed by atoms with Crippen LogP contribution >= 0.6 is 0 Å². The van der Waals surface area contributed by atoms with E-state index in [2.05, 4.69) is 10.6 Å². The molecule has 1 saturated carbocycles. The fourth-order valence-electron chi connectivity index (χ4n) is 2.83. The van der Waals surface area contributed by atoms with Gasteiger partial charge in [0, 0.05) is 11.4 Å². The average Bonchev–Trinajstić information content (AvgIpc) is 3.15. The first-order valence-electron chi connectivity index (χ1n) is 7.49. The molecular formula is C16H17N3O4. The predicted octanol–water partition coefficient (Wildman–Crippen LogP) is 1.53. The standard InChI is InChI=1S/C16H17N3O4/c17-14(20)13-12(10-7-3-4-8-11(10)23-13)19-16(22)15(21)18-9-5-1-2-6-9/h3-4,7-9H,1-2,5-6H2,(H2,17,20)(H,18,21)(H,19,22). The lowest BCUT2D eigenvalue weighted by molar-refractivity contribution is -0.136. The SMILES string of the molecule is NC(=O)c1oc2ccccc2c1NC(=O)C(=O)NC1CCCC1. The Morgan fingerprint density at radius 1 is 1.09 bits per heavy atom. The molecule has 1 aromatic heterocycles. The van der Waals surface area contributed by atoms with Gasteiger partial charge in [0.2, 0.25) is 5.76 Å². The average molecular weight is 315 g/mol. The first-order chi connectivity index (χ1) is 11.1. The maximum absolute atomic E-state index is 12.1. The van der Waals surface area contributed by atoms with Gasteiger partial charge in [0.05, 0.1) is 0 Å². The van der Waals surface area contributed by atoms with Crippen molar-refractivity contribution in [1.82, 2.24) is 5.32 Å². The summed E-state index contributed by atoms with van der Waals surface area (Å²) in [7, 11) is 0. The molecule has 0 radical (unpaired) electrons. The zero-order valence-electron chi connectivity index (χ0n) is 12.4. The number of para-hydroxylation sites is 1. The summed E-state index contributed by atoms with van der Waals surface area (Å²) in [6.07, 6.45) is 3.84. The monoisotopic (exact) mass is 315 g/mol. The van der Waals surface area contributed by atoms with E-state index in [-0.39, 0.29) is 17.5 Å². The van der Waals surface area contributed by atoms with Crippen LogP contribution in [-0.2, 0) is 9.59 Å². The Hall–Kier alpha value is -2.83. The van der Waals surface area contributed by atoms with Crippen LogP contribution in [0.2, 0.25) is 0 Å². The van der Waals surface area contributed by atoms with E-state index in [1.54, 1.807) is 24.3 Å². The minimum absolute atomic E-state index is 0.0324. The second kappa shape index (κ2) is 6.12. The van der Waals surface area contributed by atoms with Gasteiger partial charge < -0.3 is 20.8 Å². The molecule has 1 heterocycles. The highest BCUT2D eigenvalue weighted by Crippen LogP contribution is 2.30. The van der Waals surface area contributed by atoms with E-state index >= 15 is 0 Å². The van der Waals surface area contributed by atoms with Gasteiger partial charge in [0.1, 0.15) is 11.3 Å². The number of nitrogens with one attached hydrogen (secondary N) is 2. The molecule has 3 rings (SSSR count). The number of primary amides is 1. The van der Waals surface area contributed by atoms with E-state index in [0.717, 1.165) is 25.7 Å². The molecular weight excluding hydrogens is 298 g/mol. The van der Waals surface area contributed by atoms with Crippen molar-refractivity contribution in [3.63, 3.8) is 0 Å². The van der Waals surface area contributed by atoms with Crippen molar-refractivity contribution in [2.45, 2.75) is 31.7 Å². The van der Waals surface area contributed by atoms with Gasteiger partial charge in [-0.3, -0.25) is 14.4 Å². The molecule has 0 atom stereocenters. The molecule has 0 saturated heterocycles. The second-order valence-corrected chi connectivity index (χ2v) is 5.58.